The van der Waals surface area contributed by atoms with Crippen molar-refractivity contribution in [1.29, 1.82) is 0 Å². The summed E-state index contributed by atoms with van der Waals surface area (Å²) in [6.07, 6.45) is -0.562. The van der Waals surface area contributed by atoms with Gasteiger partial charge < -0.3 is 28.4 Å². The van der Waals surface area contributed by atoms with Gasteiger partial charge in [0.25, 0.3) is 0 Å². The molecule has 0 radical (unpaired) electrons. The molecular formula is C32H48O12. The van der Waals surface area contributed by atoms with Crippen LogP contribution in [0.3, 0.4) is 0 Å². The summed E-state index contributed by atoms with van der Waals surface area (Å²) in [5.74, 6) is -4.84. The molecule has 0 amide bonds. The molecule has 44 heavy (non-hydrogen) atoms. The lowest BCUT2D eigenvalue weighted by atomic mass is 9.42. The smallest absolute Gasteiger partial charge is 0.303 e. The highest BCUT2D eigenvalue weighted by Crippen LogP contribution is 2.65. The molecule has 2 fully saturated rings. The Labute approximate surface area is 259 Å². The second-order valence-corrected chi connectivity index (χ2v) is 13.1. The average molecular weight is 625 g/mol. The highest BCUT2D eigenvalue weighted by molar-refractivity contribution is 5.69. The molecule has 0 aromatic rings. The van der Waals surface area contributed by atoms with Crippen molar-refractivity contribution in [2.45, 2.75) is 124 Å². The van der Waals surface area contributed by atoms with Crippen LogP contribution in [0, 0.1) is 22.7 Å². The summed E-state index contributed by atoms with van der Waals surface area (Å²) in [4.78, 5) is 74.2. The SMILES string of the molecule is C=C[C@](C)(OC(C)=O)[C@@H](C[C@@H]1[C@@]2(COC(C)=O)CC[C@@H](OC(C)=O)C(C)(C)[C@@H]2[C@H](OC(C)=O)C[C@@]1(C)OC(C)=O)OC(C)=O. The molecule has 12 heteroatoms. The van der Waals surface area contributed by atoms with E-state index in [-0.39, 0.29) is 25.9 Å². The summed E-state index contributed by atoms with van der Waals surface area (Å²) >= 11 is 0. The number of rotatable bonds is 11. The average Bonchev–Trinajstić information content (AvgIpc) is 2.84. The van der Waals surface area contributed by atoms with Crippen LogP contribution in [0.4, 0.5) is 0 Å². The van der Waals surface area contributed by atoms with Crippen molar-refractivity contribution in [3.05, 3.63) is 12.7 Å². The van der Waals surface area contributed by atoms with Gasteiger partial charge in [-0.3, -0.25) is 28.8 Å². The molecule has 0 unspecified atom stereocenters. The highest BCUT2D eigenvalue weighted by atomic mass is 16.6. The fourth-order valence-corrected chi connectivity index (χ4v) is 7.90. The molecule has 0 bridgehead atoms. The minimum Gasteiger partial charge on any atom is -0.465 e. The second kappa shape index (κ2) is 13.7. The number of carbonyl (C=O) groups is 6. The van der Waals surface area contributed by atoms with Gasteiger partial charge in [-0.25, -0.2) is 0 Å². The van der Waals surface area contributed by atoms with E-state index in [1.165, 1.54) is 47.6 Å². The quantitative estimate of drug-likeness (QED) is 0.185. The van der Waals surface area contributed by atoms with Crippen LogP contribution in [0.15, 0.2) is 12.7 Å². The Hall–Kier alpha value is -3.44. The Morgan fingerprint density at radius 3 is 1.91 bits per heavy atom. The minimum absolute atomic E-state index is 0.0297. The van der Waals surface area contributed by atoms with Crippen molar-refractivity contribution in [2.75, 3.05) is 6.61 Å². The molecule has 0 aromatic heterocycles. The lowest BCUT2D eigenvalue weighted by molar-refractivity contribution is -0.271. The van der Waals surface area contributed by atoms with Gasteiger partial charge in [0.05, 0.1) is 6.61 Å². The lowest BCUT2D eigenvalue weighted by Gasteiger charge is -2.65. The Balaban J connectivity index is 2.96. The molecule has 2 aliphatic carbocycles. The lowest BCUT2D eigenvalue weighted by Crippen LogP contribution is -2.70. The van der Waals surface area contributed by atoms with Crippen molar-refractivity contribution < 1.29 is 57.2 Å². The van der Waals surface area contributed by atoms with Gasteiger partial charge in [-0.1, -0.05) is 20.4 Å². The largest absolute Gasteiger partial charge is 0.465 e. The third kappa shape index (κ3) is 7.98. The van der Waals surface area contributed by atoms with Crippen LogP contribution < -0.4 is 0 Å². The third-order valence-electron chi connectivity index (χ3n) is 9.25. The maximum atomic E-state index is 12.6. The second-order valence-electron chi connectivity index (χ2n) is 13.1. The fourth-order valence-electron chi connectivity index (χ4n) is 7.90. The van der Waals surface area contributed by atoms with Gasteiger partial charge >= 0.3 is 35.8 Å². The predicted molar refractivity (Wildman–Crippen MR) is 155 cm³/mol. The van der Waals surface area contributed by atoms with Crippen LogP contribution in [0.25, 0.3) is 0 Å². The summed E-state index contributed by atoms with van der Waals surface area (Å²) in [5.41, 5.74) is -4.78. The van der Waals surface area contributed by atoms with E-state index in [0.717, 1.165) is 0 Å². The van der Waals surface area contributed by atoms with Crippen molar-refractivity contribution in [3.8, 4) is 0 Å². The Bertz CT molecular complexity index is 1160. The molecule has 0 aromatic carbocycles. The first-order valence-electron chi connectivity index (χ1n) is 14.8. The first-order valence-corrected chi connectivity index (χ1v) is 14.8. The van der Waals surface area contributed by atoms with Gasteiger partial charge in [0.15, 0.2) is 5.60 Å². The van der Waals surface area contributed by atoms with Crippen LogP contribution in [-0.2, 0) is 57.2 Å². The van der Waals surface area contributed by atoms with Crippen LogP contribution in [-0.4, -0.2) is 71.9 Å². The maximum Gasteiger partial charge on any atom is 0.303 e. The zero-order valence-corrected chi connectivity index (χ0v) is 27.6. The zero-order chi connectivity index (χ0) is 33.8. The molecule has 0 aliphatic heterocycles. The Morgan fingerprint density at radius 1 is 0.864 bits per heavy atom. The third-order valence-corrected chi connectivity index (χ3v) is 9.25. The standard InChI is InChI=1S/C32H48O12/c1-12-30(10,43-22(6)37)27(42-21(5)36)15-25-31(11,44-23(7)38)16-24(40-19(3)34)28-29(8,9)26(41-20(4)35)13-14-32(25,28)17-39-18(2)33/h12,24-28H,1,13-17H2,2-11H3/t24-,25+,26-,27-,28+,30+,31-,32+/m1/s1. The molecule has 0 saturated heterocycles. The van der Waals surface area contributed by atoms with Crippen molar-refractivity contribution in [3.63, 3.8) is 0 Å². The summed E-state index contributed by atoms with van der Waals surface area (Å²) in [5, 5.41) is 0. The molecule has 8 atom stereocenters. The number of carbonyl (C=O) groups excluding carboxylic acids is 6. The number of ether oxygens (including phenoxy) is 6. The summed E-state index contributed by atoms with van der Waals surface area (Å²) in [7, 11) is 0. The molecule has 0 heterocycles. The molecule has 2 saturated carbocycles. The van der Waals surface area contributed by atoms with Crippen LogP contribution >= 0.6 is 0 Å². The van der Waals surface area contributed by atoms with Crippen LogP contribution in [0.5, 0.6) is 0 Å². The normalized spacial score (nSPS) is 31.0. The van der Waals surface area contributed by atoms with E-state index in [0.29, 0.717) is 6.42 Å². The summed E-state index contributed by atoms with van der Waals surface area (Å²) in [6, 6.07) is 0. The van der Waals surface area contributed by atoms with Crippen LogP contribution in [0.2, 0.25) is 0 Å². The number of hydrogen-bond donors (Lipinski definition) is 0. The molecular weight excluding hydrogens is 576 g/mol. The van der Waals surface area contributed by atoms with Crippen molar-refractivity contribution >= 4 is 35.8 Å². The molecule has 0 N–H and O–H groups in total. The Morgan fingerprint density at radius 2 is 1.45 bits per heavy atom. The van der Waals surface area contributed by atoms with Crippen LogP contribution in [0.1, 0.15) is 94.9 Å². The van der Waals surface area contributed by atoms with Crippen molar-refractivity contribution in [2.24, 2.45) is 22.7 Å². The molecule has 248 valence electrons. The Kier molecular flexibility index (Phi) is 11.4. The van der Waals surface area contributed by atoms with E-state index < -0.39 is 88.0 Å². The molecule has 2 aliphatic rings. The first kappa shape index (κ1) is 36.8. The summed E-state index contributed by atoms with van der Waals surface area (Å²) in [6.45, 7) is 18.3. The van der Waals surface area contributed by atoms with Gasteiger partial charge in [0, 0.05) is 70.6 Å². The number of fused-ring (bicyclic) bond motifs is 1. The molecule has 12 nitrogen and oxygen atoms in total. The predicted octanol–water partition coefficient (Wildman–Crippen LogP) is 4.01. The minimum atomic E-state index is -1.50. The highest BCUT2D eigenvalue weighted by Gasteiger charge is 2.69. The van der Waals surface area contributed by atoms with E-state index in [9.17, 15) is 28.8 Å². The molecule has 0 spiro atoms. The van der Waals surface area contributed by atoms with Gasteiger partial charge in [-0.05, 0) is 39.2 Å². The van der Waals surface area contributed by atoms with Gasteiger partial charge in [0.2, 0.25) is 0 Å². The van der Waals surface area contributed by atoms with Crippen molar-refractivity contribution in [1.82, 2.24) is 0 Å². The molecule has 2 rings (SSSR count). The van der Waals surface area contributed by atoms with Gasteiger partial charge in [-0.2, -0.15) is 0 Å². The van der Waals surface area contributed by atoms with Gasteiger partial charge in [-0.15, -0.1) is 0 Å². The summed E-state index contributed by atoms with van der Waals surface area (Å²) < 4.78 is 34.9. The van der Waals surface area contributed by atoms with E-state index in [1.54, 1.807) is 13.8 Å². The van der Waals surface area contributed by atoms with E-state index in [1.807, 2.05) is 13.8 Å². The van der Waals surface area contributed by atoms with E-state index >= 15 is 0 Å². The first-order chi connectivity index (χ1) is 20.1. The fraction of sp³-hybridized carbons (Fsp3) is 0.750. The maximum absolute atomic E-state index is 12.6. The topological polar surface area (TPSA) is 158 Å². The van der Waals surface area contributed by atoms with E-state index in [2.05, 4.69) is 6.58 Å². The number of esters is 6. The van der Waals surface area contributed by atoms with E-state index in [4.69, 9.17) is 28.4 Å². The zero-order valence-electron chi connectivity index (χ0n) is 27.6. The van der Waals surface area contributed by atoms with Gasteiger partial charge in [0.1, 0.15) is 23.9 Å². The monoisotopic (exact) mass is 624 g/mol. The number of hydrogen-bond acceptors (Lipinski definition) is 12.